The predicted molar refractivity (Wildman–Crippen MR) is 135 cm³/mol. The fourth-order valence-corrected chi connectivity index (χ4v) is 5.09. The Balaban J connectivity index is 1.93. The number of rotatable bonds is 10. The second kappa shape index (κ2) is 11.4. The Morgan fingerprint density at radius 2 is 1.54 bits per heavy atom. The maximum absolute atomic E-state index is 13.5. The van der Waals surface area contributed by atoms with Gasteiger partial charge in [0.1, 0.15) is 11.1 Å². The molecule has 0 aromatic heterocycles. The molecule has 0 spiro atoms. The van der Waals surface area contributed by atoms with Gasteiger partial charge in [-0.3, -0.25) is 14.9 Å². The molecule has 0 aliphatic rings. The number of nitrogens with one attached hydrogen (secondary N) is 2. The van der Waals surface area contributed by atoms with E-state index in [1.54, 1.807) is 6.92 Å². The number of nitro benzene ring substituents is 1. The summed E-state index contributed by atoms with van der Waals surface area (Å²) in [5.74, 6) is -0.872. The summed E-state index contributed by atoms with van der Waals surface area (Å²) in [5, 5.41) is 14.0. The van der Waals surface area contributed by atoms with Crippen LogP contribution in [0.1, 0.15) is 37.4 Å². The van der Waals surface area contributed by atoms with Crippen LogP contribution in [0, 0.1) is 16.0 Å². The van der Waals surface area contributed by atoms with Gasteiger partial charge in [-0.2, -0.15) is 4.72 Å². The minimum absolute atomic E-state index is 0.182. The van der Waals surface area contributed by atoms with Gasteiger partial charge in [-0.25, -0.2) is 8.42 Å². The summed E-state index contributed by atoms with van der Waals surface area (Å²) in [6.07, 6.45) is 0.517. The molecular weight excluding hydrogens is 490 g/mol. The average Bonchev–Trinajstić information content (AvgIpc) is 2.86. The monoisotopic (exact) mass is 515 g/mol. The number of benzene rings is 3. The first-order chi connectivity index (χ1) is 16.6. The molecule has 0 fully saturated rings. The summed E-state index contributed by atoms with van der Waals surface area (Å²) in [7, 11) is -4.27. The molecule has 0 aliphatic carbocycles. The lowest BCUT2D eigenvalue weighted by Gasteiger charge is -2.27. The number of carbonyl (C=O) groups excluding carboxylic acids is 1. The van der Waals surface area contributed by atoms with Crippen LogP contribution < -0.4 is 10.0 Å². The SMILES string of the molecule is CCC(C)C(NS(=O)(=O)c1ccc(Cl)c([N+](=O)[O-])c1)C(=O)NC(c1ccccc1)c1ccccc1. The molecule has 0 aliphatic heterocycles. The van der Waals surface area contributed by atoms with Crippen LogP contribution in [0.3, 0.4) is 0 Å². The normalized spacial score (nSPS) is 13.3. The molecule has 1 amide bonds. The van der Waals surface area contributed by atoms with Crippen LogP contribution in [0.25, 0.3) is 0 Å². The number of nitro groups is 1. The van der Waals surface area contributed by atoms with Gasteiger partial charge >= 0.3 is 0 Å². The first-order valence-electron chi connectivity index (χ1n) is 11.0. The highest BCUT2D eigenvalue weighted by atomic mass is 35.5. The van der Waals surface area contributed by atoms with Gasteiger partial charge < -0.3 is 5.32 Å². The van der Waals surface area contributed by atoms with Crippen LogP contribution in [0.4, 0.5) is 5.69 Å². The number of sulfonamides is 1. The molecule has 8 nitrogen and oxygen atoms in total. The van der Waals surface area contributed by atoms with Gasteiger partial charge in [-0.1, -0.05) is 92.5 Å². The number of carbonyl (C=O) groups is 1. The standard InChI is InChI=1S/C25H26ClN3O5S/c1-3-17(2)23(28-35(33,34)20-14-15-21(26)22(16-20)29(31)32)25(30)27-24(18-10-6-4-7-11-18)19-12-8-5-9-13-19/h4-17,23-24,28H,3H2,1-2H3,(H,27,30). The topological polar surface area (TPSA) is 118 Å². The summed E-state index contributed by atoms with van der Waals surface area (Å²) in [5.41, 5.74) is 1.14. The minimum atomic E-state index is -4.27. The van der Waals surface area contributed by atoms with Crippen LogP contribution >= 0.6 is 11.6 Å². The second-order valence-corrected chi connectivity index (χ2v) is 10.2. The molecule has 35 heavy (non-hydrogen) atoms. The number of halogens is 1. The van der Waals surface area contributed by atoms with Crippen molar-refractivity contribution in [3.8, 4) is 0 Å². The maximum Gasteiger partial charge on any atom is 0.289 e. The van der Waals surface area contributed by atoms with Crippen molar-refractivity contribution in [1.82, 2.24) is 10.0 Å². The lowest BCUT2D eigenvalue weighted by Crippen LogP contribution is -2.51. The molecule has 0 radical (unpaired) electrons. The molecule has 0 heterocycles. The van der Waals surface area contributed by atoms with E-state index < -0.39 is 38.6 Å². The van der Waals surface area contributed by atoms with Crippen molar-refractivity contribution < 1.29 is 18.1 Å². The summed E-state index contributed by atoms with van der Waals surface area (Å²) < 4.78 is 28.7. The van der Waals surface area contributed by atoms with Gasteiger partial charge in [0.2, 0.25) is 15.9 Å². The second-order valence-electron chi connectivity index (χ2n) is 8.12. The zero-order valence-electron chi connectivity index (χ0n) is 19.2. The first-order valence-corrected chi connectivity index (χ1v) is 12.9. The van der Waals surface area contributed by atoms with E-state index in [9.17, 15) is 23.3 Å². The van der Waals surface area contributed by atoms with Gasteiger partial charge in [0.25, 0.3) is 5.69 Å². The van der Waals surface area contributed by atoms with Crippen molar-refractivity contribution in [3.05, 3.63) is 105 Å². The van der Waals surface area contributed by atoms with E-state index in [1.807, 2.05) is 67.6 Å². The van der Waals surface area contributed by atoms with Gasteiger partial charge in [-0.05, 0) is 29.2 Å². The van der Waals surface area contributed by atoms with E-state index in [0.717, 1.165) is 23.3 Å². The number of amides is 1. The van der Waals surface area contributed by atoms with E-state index in [0.29, 0.717) is 6.42 Å². The lowest BCUT2D eigenvalue weighted by molar-refractivity contribution is -0.384. The molecule has 3 rings (SSSR count). The quantitative estimate of drug-likeness (QED) is 0.295. The van der Waals surface area contributed by atoms with Crippen molar-refractivity contribution >= 4 is 33.2 Å². The van der Waals surface area contributed by atoms with Crippen molar-refractivity contribution in [3.63, 3.8) is 0 Å². The van der Waals surface area contributed by atoms with Crippen LogP contribution in [-0.2, 0) is 14.8 Å². The van der Waals surface area contributed by atoms with Crippen molar-refractivity contribution in [1.29, 1.82) is 0 Å². The molecule has 2 atom stereocenters. The summed E-state index contributed by atoms with van der Waals surface area (Å²) in [4.78, 5) is 23.6. The molecule has 2 N–H and O–H groups in total. The average molecular weight is 516 g/mol. The van der Waals surface area contributed by atoms with Crippen LogP contribution in [0.5, 0.6) is 0 Å². The fraction of sp³-hybridized carbons (Fsp3) is 0.240. The molecule has 10 heteroatoms. The van der Waals surface area contributed by atoms with Gasteiger partial charge in [0, 0.05) is 6.07 Å². The lowest BCUT2D eigenvalue weighted by atomic mass is 9.96. The molecule has 0 saturated carbocycles. The number of nitrogens with zero attached hydrogens (tertiary/aromatic N) is 1. The van der Waals surface area contributed by atoms with Gasteiger partial charge in [0.15, 0.2) is 0 Å². The van der Waals surface area contributed by atoms with Crippen molar-refractivity contribution in [2.24, 2.45) is 5.92 Å². The van der Waals surface area contributed by atoms with Gasteiger partial charge in [0.05, 0.1) is 15.9 Å². The third-order valence-corrected chi connectivity index (χ3v) is 7.51. The maximum atomic E-state index is 13.5. The fourth-order valence-electron chi connectivity index (χ4n) is 3.58. The molecular formula is C25H26ClN3O5S. The van der Waals surface area contributed by atoms with E-state index in [2.05, 4.69) is 10.0 Å². The Hall–Kier alpha value is -3.27. The molecule has 184 valence electrons. The summed E-state index contributed by atoms with van der Waals surface area (Å²) >= 11 is 5.82. The number of hydrogen-bond donors (Lipinski definition) is 2. The zero-order valence-corrected chi connectivity index (χ0v) is 20.8. The highest BCUT2D eigenvalue weighted by Gasteiger charge is 2.32. The first kappa shape index (κ1) is 26.3. The van der Waals surface area contributed by atoms with Crippen molar-refractivity contribution in [2.45, 2.75) is 37.2 Å². The summed E-state index contributed by atoms with van der Waals surface area (Å²) in [6.45, 7) is 3.61. The molecule has 0 saturated heterocycles. The third-order valence-electron chi connectivity index (χ3n) is 5.75. The molecule has 3 aromatic carbocycles. The molecule has 0 bridgehead atoms. The van der Waals surface area contributed by atoms with E-state index in [4.69, 9.17) is 11.6 Å². The Kier molecular flexibility index (Phi) is 8.61. The Morgan fingerprint density at radius 3 is 2.03 bits per heavy atom. The summed E-state index contributed by atoms with van der Waals surface area (Å²) in [6, 6.07) is 20.3. The molecule has 3 aromatic rings. The van der Waals surface area contributed by atoms with Crippen LogP contribution in [0.2, 0.25) is 5.02 Å². The van der Waals surface area contributed by atoms with E-state index >= 15 is 0 Å². The predicted octanol–water partition coefficient (Wildman–Crippen LogP) is 4.85. The minimum Gasteiger partial charge on any atom is -0.344 e. The van der Waals surface area contributed by atoms with Gasteiger partial charge in [-0.15, -0.1) is 0 Å². The third kappa shape index (κ3) is 6.45. The van der Waals surface area contributed by atoms with E-state index in [1.165, 1.54) is 6.07 Å². The smallest absolute Gasteiger partial charge is 0.289 e. The Bertz CT molecular complexity index is 1250. The largest absolute Gasteiger partial charge is 0.344 e. The van der Waals surface area contributed by atoms with Crippen LogP contribution in [0.15, 0.2) is 83.8 Å². The van der Waals surface area contributed by atoms with Crippen LogP contribution in [-0.4, -0.2) is 25.3 Å². The number of hydrogen-bond acceptors (Lipinski definition) is 5. The zero-order chi connectivity index (χ0) is 25.6. The molecule has 2 unspecified atom stereocenters. The van der Waals surface area contributed by atoms with Crippen molar-refractivity contribution in [2.75, 3.05) is 0 Å². The Labute approximate surface area is 209 Å². The highest BCUT2D eigenvalue weighted by molar-refractivity contribution is 7.89. The highest BCUT2D eigenvalue weighted by Crippen LogP contribution is 2.28. The Morgan fingerprint density at radius 1 is 1.00 bits per heavy atom. The van der Waals surface area contributed by atoms with E-state index in [-0.39, 0.29) is 15.8 Å².